The maximum Gasteiger partial charge on any atom is 0.289 e. The van der Waals surface area contributed by atoms with Gasteiger partial charge in [0.1, 0.15) is 17.3 Å². The van der Waals surface area contributed by atoms with Gasteiger partial charge in [-0.2, -0.15) is 0 Å². The second-order valence-corrected chi connectivity index (χ2v) is 6.52. The molecule has 2 aromatic carbocycles. The third-order valence-corrected chi connectivity index (χ3v) is 4.35. The molecule has 1 heterocycles. The quantitative estimate of drug-likeness (QED) is 0.798. The van der Waals surface area contributed by atoms with Gasteiger partial charge in [0.15, 0.2) is 6.61 Å². The summed E-state index contributed by atoms with van der Waals surface area (Å²) in [6.07, 6.45) is 1.85. The van der Waals surface area contributed by atoms with Crippen molar-refractivity contribution < 1.29 is 19.1 Å². The summed E-state index contributed by atoms with van der Waals surface area (Å²) in [6.45, 7) is -0.173. The summed E-state index contributed by atoms with van der Waals surface area (Å²) in [4.78, 5) is 27.7. The number of amidine groups is 1. The van der Waals surface area contributed by atoms with Gasteiger partial charge in [-0.1, -0.05) is 12.1 Å². The maximum atomic E-state index is 11.8. The number of benzene rings is 2. The fraction of sp³-hybridized carbons (Fsp3) is 0.105. The highest BCUT2D eigenvalue weighted by Crippen LogP contribution is 2.29. The van der Waals surface area contributed by atoms with E-state index in [9.17, 15) is 9.59 Å². The van der Waals surface area contributed by atoms with E-state index in [0.29, 0.717) is 22.2 Å². The molecule has 1 saturated heterocycles. The molecule has 0 aliphatic carbocycles. The molecule has 0 bridgehead atoms. The Labute approximate surface area is 160 Å². The van der Waals surface area contributed by atoms with Crippen LogP contribution in [0.15, 0.2) is 58.4 Å². The number of carbonyl (C=O) groups is 2. The van der Waals surface area contributed by atoms with Crippen molar-refractivity contribution in [3.63, 3.8) is 0 Å². The van der Waals surface area contributed by atoms with Crippen LogP contribution in [0.1, 0.15) is 5.56 Å². The highest BCUT2D eigenvalue weighted by atomic mass is 32.2. The Morgan fingerprint density at radius 1 is 1.15 bits per heavy atom. The normalized spacial score (nSPS) is 16.4. The Bertz CT molecular complexity index is 906. The lowest BCUT2D eigenvalue weighted by molar-refractivity contribution is -0.119. The highest BCUT2D eigenvalue weighted by molar-refractivity contribution is 8.18. The number of rotatable bonds is 6. The molecule has 0 unspecified atom stereocenters. The third kappa shape index (κ3) is 5.11. The van der Waals surface area contributed by atoms with Crippen molar-refractivity contribution in [3.05, 3.63) is 59.0 Å². The molecule has 3 rings (SSSR count). The molecule has 1 aliphatic rings. The van der Waals surface area contributed by atoms with Crippen molar-refractivity contribution in [2.24, 2.45) is 10.7 Å². The fourth-order valence-electron chi connectivity index (χ4n) is 2.26. The minimum absolute atomic E-state index is 0.173. The first-order chi connectivity index (χ1) is 13.0. The Morgan fingerprint density at radius 2 is 1.81 bits per heavy atom. The van der Waals surface area contributed by atoms with Gasteiger partial charge in [0, 0.05) is 0 Å². The van der Waals surface area contributed by atoms with Crippen LogP contribution in [0.5, 0.6) is 11.5 Å². The summed E-state index contributed by atoms with van der Waals surface area (Å²) >= 11 is 1.08. The summed E-state index contributed by atoms with van der Waals surface area (Å²) in [5, 5.41) is 2.56. The van der Waals surface area contributed by atoms with E-state index in [4.69, 9.17) is 15.2 Å². The van der Waals surface area contributed by atoms with E-state index in [1.165, 1.54) is 0 Å². The van der Waals surface area contributed by atoms with Crippen molar-refractivity contribution in [1.82, 2.24) is 5.32 Å². The predicted octanol–water partition coefficient (Wildman–Crippen LogP) is 3.09. The number of hydrogen-bond acceptors (Lipinski definition) is 6. The van der Waals surface area contributed by atoms with Crippen molar-refractivity contribution >= 4 is 40.5 Å². The Morgan fingerprint density at radius 3 is 2.44 bits per heavy atom. The molecular formula is C19H17N3O4S. The SMILES string of the molecule is COc1ccc(N=C2NC(=O)SC2=Cc2ccc(OCC(N)=O)cc2)cc1. The summed E-state index contributed by atoms with van der Waals surface area (Å²) in [7, 11) is 1.60. The first-order valence-corrected chi connectivity index (χ1v) is 8.80. The summed E-state index contributed by atoms with van der Waals surface area (Å²) in [6, 6.07) is 14.3. The number of nitrogens with two attached hydrogens (primary N) is 1. The largest absolute Gasteiger partial charge is 0.497 e. The minimum Gasteiger partial charge on any atom is -0.497 e. The van der Waals surface area contributed by atoms with Crippen molar-refractivity contribution in [2.45, 2.75) is 0 Å². The molecule has 0 saturated carbocycles. The molecule has 138 valence electrons. The molecule has 8 heteroatoms. The number of aliphatic imine (C=N–C) groups is 1. The molecule has 27 heavy (non-hydrogen) atoms. The molecule has 1 aliphatic heterocycles. The Hall–Kier alpha value is -3.26. The lowest BCUT2D eigenvalue weighted by Crippen LogP contribution is -2.19. The Balaban J connectivity index is 1.79. The summed E-state index contributed by atoms with van der Waals surface area (Å²) in [5.74, 6) is 1.23. The number of methoxy groups -OCH3 is 1. The van der Waals surface area contributed by atoms with Gasteiger partial charge in [0.25, 0.3) is 11.1 Å². The first-order valence-electron chi connectivity index (χ1n) is 7.98. The zero-order valence-corrected chi connectivity index (χ0v) is 15.3. The van der Waals surface area contributed by atoms with Crippen LogP contribution >= 0.6 is 11.8 Å². The van der Waals surface area contributed by atoms with Crippen molar-refractivity contribution in [2.75, 3.05) is 13.7 Å². The Kier molecular flexibility index (Phi) is 5.77. The van der Waals surface area contributed by atoms with Gasteiger partial charge in [0.2, 0.25) is 0 Å². The van der Waals surface area contributed by atoms with Crippen LogP contribution in [0.2, 0.25) is 0 Å². The van der Waals surface area contributed by atoms with Gasteiger partial charge in [-0.25, -0.2) is 4.99 Å². The lowest BCUT2D eigenvalue weighted by atomic mass is 10.2. The zero-order chi connectivity index (χ0) is 19.2. The third-order valence-electron chi connectivity index (χ3n) is 3.53. The average molecular weight is 383 g/mol. The van der Waals surface area contributed by atoms with Gasteiger partial charge >= 0.3 is 0 Å². The van der Waals surface area contributed by atoms with Gasteiger partial charge in [-0.3, -0.25) is 9.59 Å². The molecule has 0 aromatic heterocycles. The number of hydrogen-bond donors (Lipinski definition) is 2. The first kappa shape index (κ1) is 18.5. The lowest BCUT2D eigenvalue weighted by Gasteiger charge is -2.04. The van der Waals surface area contributed by atoms with Crippen LogP contribution in [-0.4, -0.2) is 30.7 Å². The van der Waals surface area contributed by atoms with Crippen LogP contribution in [-0.2, 0) is 4.79 Å². The number of primary amides is 1. The summed E-state index contributed by atoms with van der Waals surface area (Å²) in [5.41, 5.74) is 6.62. The van der Waals surface area contributed by atoms with Crippen LogP contribution < -0.4 is 20.5 Å². The second kappa shape index (κ2) is 8.41. The van der Waals surface area contributed by atoms with Gasteiger partial charge < -0.3 is 20.5 Å². The molecule has 2 amide bonds. The average Bonchev–Trinajstić information content (AvgIpc) is 3.00. The topological polar surface area (TPSA) is 103 Å². The van der Waals surface area contributed by atoms with Crippen LogP contribution in [0, 0.1) is 0 Å². The van der Waals surface area contributed by atoms with E-state index in [0.717, 1.165) is 23.1 Å². The second-order valence-electron chi connectivity index (χ2n) is 5.51. The number of nitrogens with one attached hydrogen (secondary N) is 1. The predicted molar refractivity (Wildman–Crippen MR) is 105 cm³/mol. The van der Waals surface area contributed by atoms with E-state index < -0.39 is 5.91 Å². The molecular weight excluding hydrogens is 366 g/mol. The monoisotopic (exact) mass is 383 g/mol. The van der Waals surface area contributed by atoms with Gasteiger partial charge in [-0.05, 0) is 59.8 Å². The van der Waals surface area contributed by atoms with Gasteiger partial charge in [-0.15, -0.1) is 0 Å². The molecule has 7 nitrogen and oxygen atoms in total. The van der Waals surface area contributed by atoms with Crippen LogP contribution in [0.4, 0.5) is 10.5 Å². The zero-order valence-electron chi connectivity index (χ0n) is 14.5. The van der Waals surface area contributed by atoms with E-state index in [-0.39, 0.29) is 11.8 Å². The minimum atomic E-state index is -0.535. The van der Waals surface area contributed by atoms with E-state index in [1.54, 1.807) is 31.4 Å². The van der Waals surface area contributed by atoms with Crippen LogP contribution in [0.3, 0.4) is 0 Å². The van der Waals surface area contributed by atoms with Crippen molar-refractivity contribution in [3.8, 4) is 11.5 Å². The van der Waals surface area contributed by atoms with Crippen LogP contribution in [0.25, 0.3) is 6.08 Å². The summed E-state index contributed by atoms with van der Waals surface area (Å²) < 4.78 is 10.4. The number of thioether (sulfide) groups is 1. The fourth-order valence-corrected chi connectivity index (χ4v) is 3.00. The van der Waals surface area contributed by atoms with Gasteiger partial charge in [0.05, 0.1) is 17.7 Å². The number of carbonyl (C=O) groups excluding carboxylic acids is 2. The molecule has 0 radical (unpaired) electrons. The molecule has 3 N–H and O–H groups in total. The smallest absolute Gasteiger partial charge is 0.289 e. The number of ether oxygens (including phenoxy) is 2. The van der Waals surface area contributed by atoms with E-state index >= 15 is 0 Å². The highest BCUT2D eigenvalue weighted by Gasteiger charge is 2.23. The molecule has 0 atom stereocenters. The van der Waals surface area contributed by atoms with E-state index in [1.807, 2.05) is 30.3 Å². The standard InChI is InChI=1S/C19H17N3O4S/c1-25-14-8-4-13(5-9-14)21-18-16(27-19(24)22-18)10-12-2-6-15(7-3-12)26-11-17(20)23/h2-10H,11H2,1H3,(H2,20,23)(H,21,22,24). The number of nitrogens with zero attached hydrogens (tertiary/aromatic N) is 1. The number of amides is 2. The van der Waals surface area contributed by atoms with Crippen molar-refractivity contribution in [1.29, 1.82) is 0 Å². The maximum absolute atomic E-state index is 11.8. The molecule has 0 spiro atoms. The molecule has 1 fully saturated rings. The van der Waals surface area contributed by atoms with E-state index in [2.05, 4.69) is 10.3 Å². The molecule has 2 aromatic rings.